The summed E-state index contributed by atoms with van der Waals surface area (Å²) in [5.74, 6) is 1.65. The maximum absolute atomic E-state index is 5.54. The minimum atomic E-state index is 0.717. The summed E-state index contributed by atoms with van der Waals surface area (Å²) in [5, 5.41) is 15.3. The summed E-state index contributed by atoms with van der Waals surface area (Å²) in [6.45, 7) is 5.26. The lowest BCUT2D eigenvalue weighted by Crippen LogP contribution is -2.37. The zero-order valence-electron chi connectivity index (χ0n) is 17.2. The molecule has 0 amide bonds. The molecule has 5 rings (SSSR count). The number of hydrogen-bond acceptors (Lipinski definition) is 8. The summed E-state index contributed by atoms with van der Waals surface area (Å²) in [6, 6.07) is 12.8. The number of rotatable bonds is 7. The fourth-order valence-electron chi connectivity index (χ4n) is 3.49. The number of aromatic nitrogens is 4. The van der Waals surface area contributed by atoms with Crippen LogP contribution in [0, 0.1) is 0 Å². The van der Waals surface area contributed by atoms with Crippen LogP contribution in [0.15, 0.2) is 52.3 Å². The van der Waals surface area contributed by atoms with Crippen molar-refractivity contribution in [2.75, 3.05) is 31.2 Å². The van der Waals surface area contributed by atoms with E-state index in [-0.39, 0.29) is 0 Å². The van der Waals surface area contributed by atoms with Crippen LogP contribution >= 0.6 is 34.4 Å². The maximum Gasteiger partial charge on any atom is 0.232 e. The fourth-order valence-corrected chi connectivity index (χ4v) is 6.07. The molecular weight excluding hydrogens is 446 g/mol. The Balaban J connectivity index is 1.43. The number of benzene rings is 1. The Morgan fingerprint density at radius 1 is 1.10 bits per heavy atom. The van der Waals surface area contributed by atoms with Gasteiger partial charge in [-0.2, -0.15) is 0 Å². The van der Waals surface area contributed by atoms with Crippen LogP contribution in [0.1, 0.15) is 18.2 Å². The Kier molecular flexibility index (Phi) is 6.35. The molecule has 0 bridgehead atoms. The fraction of sp³-hybridized carbons (Fsp3) is 0.318. The number of anilines is 1. The van der Waals surface area contributed by atoms with Crippen molar-refractivity contribution in [1.29, 1.82) is 0 Å². The molecule has 0 atom stereocenters. The van der Waals surface area contributed by atoms with Crippen molar-refractivity contribution >= 4 is 40.4 Å². The molecule has 0 spiro atoms. The van der Waals surface area contributed by atoms with Gasteiger partial charge in [0.05, 0.1) is 29.5 Å². The van der Waals surface area contributed by atoms with Crippen molar-refractivity contribution in [3.8, 4) is 15.6 Å². The lowest BCUT2D eigenvalue weighted by Gasteiger charge is -2.28. The van der Waals surface area contributed by atoms with Gasteiger partial charge in [0.15, 0.2) is 5.16 Å². The van der Waals surface area contributed by atoms with Crippen LogP contribution in [0.3, 0.4) is 0 Å². The first kappa shape index (κ1) is 20.7. The van der Waals surface area contributed by atoms with E-state index in [1.807, 2.05) is 0 Å². The number of thiazole rings is 1. The minimum Gasteiger partial charge on any atom is -0.378 e. The summed E-state index contributed by atoms with van der Waals surface area (Å²) in [7, 11) is 0. The number of thioether (sulfide) groups is 1. The topological polar surface area (TPSA) is 56.1 Å². The number of morpholine rings is 1. The Labute approximate surface area is 193 Å². The van der Waals surface area contributed by atoms with Gasteiger partial charge in [-0.25, -0.2) is 4.98 Å². The van der Waals surface area contributed by atoms with E-state index >= 15 is 0 Å². The molecule has 0 aliphatic carbocycles. The molecule has 4 heterocycles. The second-order valence-electron chi connectivity index (χ2n) is 7.15. The smallest absolute Gasteiger partial charge is 0.232 e. The van der Waals surface area contributed by atoms with Crippen LogP contribution < -0.4 is 4.90 Å². The van der Waals surface area contributed by atoms with Crippen molar-refractivity contribution in [2.24, 2.45) is 0 Å². The molecule has 1 fully saturated rings. The predicted octanol–water partition coefficient (Wildman–Crippen LogP) is 5.14. The molecule has 160 valence electrons. The molecule has 4 aromatic rings. The van der Waals surface area contributed by atoms with Gasteiger partial charge in [0, 0.05) is 24.2 Å². The molecule has 3 aromatic heterocycles. The van der Waals surface area contributed by atoms with E-state index in [0.717, 1.165) is 52.8 Å². The first-order valence-electron chi connectivity index (χ1n) is 10.3. The van der Waals surface area contributed by atoms with Gasteiger partial charge in [-0.05, 0) is 35.6 Å². The number of nitrogens with zero attached hydrogens (tertiary/aromatic N) is 5. The first-order valence-corrected chi connectivity index (χ1v) is 13.0. The van der Waals surface area contributed by atoms with Crippen LogP contribution in [-0.2, 0) is 16.9 Å². The van der Waals surface area contributed by atoms with E-state index < -0.39 is 0 Å². The molecule has 1 aliphatic rings. The third kappa shape index (κ3) is 4.55. The van der Waals surface area contributed by atoms with E-state index in [9.17, 15) is 0 Å². The molecule has 0 N–H and O–H groups in total. The lowest BCUT2D eigenvalue weighted by molar-refractivity contribution is 0.122. The van der Waals surface area contributed by atoms with Crippen molar-refractivity contribution in [3.05, 3.63) is 58.4 Å². The van der Waals surface area contributed by atoms with Crippen LogP contribution in [0.5, 0.6) is 0 Å². The standard InChI is InChI=1S/C22H23N5OS3/c1-2-16-5-3-6-18(13-16)27-21(26-8-10-28-11-9-26)24-25-22(27)31-15-17-14-30-20(23-17)19-7-4-12-29-19/h3-7,12-14H,2,8-11,15H2,1H3. The first-order chi connectivity index (χ1) is 15.3. The van der Waals surface area contributed by atoms with Gasteiger partial charge in [0.2, 0.25) is 5.95 Å². The summed E-state index contributed by atoms with van der Waals surface area (Å²) < 4.78 is 7.72. The summed E-state index contributed by atoms with van der Waals surface area (Å²) in [4.78, 5) is 8.30. The monoisotopic (exact) mass is 469 g/mol. The number of aryl methyl sites for hydroxylation is 1. The van der Waals surface area contributed by atoms with Gasteiger partial charge in [-0.1, -0.05) is 36.9 Å². The lowest BCUT2D eigenvalue weighted by atomic mass is 10.1. The molecule has 1 saturated heterocycles. The van der Waals surface area contributed by atoms with Gasteiger partial charge in [-0.15, -0.1) is 32.9 Å². The number of ether oxygens (including phenoxy) is 1. The molecule has 1 aromatic carbocycles. The second-order valence-corrected chi connectivity index (χ2v) is 9.90. The molecule has 9 heteroatoms. The normalized spacial score (nSPS) is 14.3. The maximum atomic E-state index is 5.54. The highest BCUT2D eigenvalue weighted by Gasteiger charge is 2.22. The second kappa shape index (κ2) is 9.52. The van der Waals surface area contributed by atoms with Crippen LogP contribution in [0.2, 0.25) is 0 Å². The average Bonchev–Trinajstić information content (AvgIpc) is 3.59. The summed E-state index contributed by atoms with van der Waals surface area (Å²) >= 11 is 5.10. The molecule has 0 unspecified atom stereocenters. The van der Waals surface area contributed by atoms with E-state index in [0.29, 0.717) is 13.2 Å². The highest BCUT2D eigenvalue weighted by molar-refractivity contribution is 7.98. The largest absolute Gasteiger partial charge is 0.378 e. The Hall–Kier alpha value is -2.20. The highest BCUT2D eigenvalue weighted by Crippen LogP contribution is 2.32. The zero-order chi connectivity index (χ0) is 21.0. The minimum absolute atomic E-state index is 0.717. The molecule has 6 nitrogen and oxygen atoms in total. The average molecular weight is 470 g/mol. The third-order valence-corrected chi connectivity index (χ3v) is 8.01. The van der Waals surface area contributed by atoms with E-state index in [2.05, 4.69) is 73.7 Å². The van der Waals surface area contributed by atoms with E-state index in [1.165, 1.54) is 10.4 Å². The van der Waals surface area contributed by atoms with Gasteiger partial charge in [0.1, 0.15) is 5.01 Å². The molecule has 31 heavy (non-hydrogen) atoms. The van der Waals surface area contributed by atoms with Crippen molar-refractivity contribution in [2.45, 2.75) is 24.3 Å². The zero-order valence-corrected chi connectivity index (χ0v) is 19.7. The quantitative estimate of drug-likeness (QED) is 0.349. The van der Waals surface area contributed by atoms with Crippen LogP contribution in [-0.4, -0.2) is 46.1 Å². The van der Waals surface area contributed by atoms with Crippen LogP contribution in [0.25, 0.3) is 15.6 Å². The molecule has 0 saturated carbocycles. The van der Waals surface area contributed by atoms with E-state index in [4.69, 9.17) is 9.72 Å². The van der Waals surface area contributed by atoms with Gasteiger partial charge < -0.3 is 9.64 Å². The Morgan fingerprint density at radius 3 is 2.81 bits per heavy atom. The molecular formula is C22H23N5OS3. The van der Waals surface area contributed by atoms with E-state index in [1.54, 1.807) is 34.4 Å². The van der Waals surface area contributed by atoms with Gasteiger partial charge in [0.25, 0.3) is 0 Å². The number of thiophene rings is 1. The van der Waals surface area contributed by atoms with Crippen molar-refractivity contribution in [3.63, 3.8) is 0 Å². The Bertz CT molecular complexity index is 1130. The Morgan fingerprint density at radius 2 is 2.00 bits per heavy atom. The van der Waals surface area contributed by atoms with Gasteiger partial charge >= 0.3 is 0 Å². The number of hydrogen-bond donors (Lipinski definition) is 0. The molecule has 0 radical (unpaired) electrons. The highest BCUT2D eigenvalue weighted by atomic mass is 32.2. The van der Waals surface area contributed by atoms with Crippen molar-refractivity contribution < 1.29 is 4.74 Å². The summed E-state index contributed by atoms with van der Waals surface area (Å²) in [5.41, 5.74) is 3.48. The van der Waals surface area contributed by atoms with Crippen LogP contribution in [0.4, 0.5) is 5.95 Å². The summed E-state index contributed by atoms with van der Waals surface area (Å²) in [6.07, 6.45) is 0.996. The molecule has 1 aliphatic heterocycles. The third-order valence-electron chi connectivity index (χ3n) is 5.12. The van der Waals surface area contributed by atoms with Gasteiger partial charge in [-0.3, -0.25) is 4.57 Å². The SMILES string of the molecule is CCc1cccc(-n2c(SCc3csc(-c4cccs4)n3)nnc2N2CCOCC2)c1. The van der Waals surface area contributed by atoms with Crippen molar-refractivity contribution in [1.82, 2.24) is 19.7 Å². The predicted molar refractivity (Wildman–Crippen MR) is 129 cm³/mol.